The van der Waals surface area contributed by atoms with Gasteiger partial charge in [-0.05, 0) is 23.6 Å². The molecular weight excluding hydrogens is 322 g/mol. The lowest BCUT2D eigenvalue weighted by atomic mass is 10.4. The minimum atomic E-state index is 0.370. The van der Waals surface area contributed by atoms with Crippen molar-refractivity contribution in [3.63, 3.8) is 0 Å². The molecule has 0 aromatic carbocycles. The summed E-state index contributed by atoms with van der Waals surface area (Å²) < 4.78 is 10.7. The van der Waals surface area contributed by atoms with Gasteiger partial charge in [0.25, 0.3) is 5.89 Å². The molecule has 4 rings (SSSR count). The summed E-state index contributed by atoms with van der Waals surface area (Å²) in [5, 5.41) is 17.7. The van der Waals surface area contributed by atoms with Crippen LogP contribution < -0.4 is 0 Å². The third-order valence-corrected chi connectivity index (χ3v) is 4.45. The SMILES string of the molecule is c1coc(-c2nnc(CSc3n[nH]c(-c4cccs4)n3)o2)c1. The fourth-order valence-corrected chi connectivity index (χ4v) is 3.07. The van der Waals surface area contributed by atoms with E-state index in [1.807, 2.05) is 17.5 Å². The van der Waals surface area contributed by atoms with Gasteiger partial charge >= 0.3 is 0 Å². The van der Waals surface area contributed by atoms with E-state index in [2.05, 4.69) is 25.4 Å². The van der Waals surface area contributed by atoms with Gasteiger partial charge in [-0.25, -0.2) is 4.98 Å². The van der Waals surface area contributed by atoms with Crippen LogP contribution in [0, 0.1) is 0 Å². The molecule has 0 saturated heterocycles. The molecule has 0 radical (unpaired) electrons. The van der Waals surface area contributed by atoms with Gasteiger partial charge in [-0.15, -0.1) is 26.6 Å². The first-order chi connectivity index (χ1) is 10.9. The average Bonchev–Trinajstić information content (AvgIpc) is 3.33. The Morgan fingerprint density at radius 1 is 1.23 bits per heavy atom. The average molecular weight is 331 g/mol. The standard InChI is InChI=1S/C13H9N5O2S2/c1-3-8(19-5-1)12-17-15-10(20-12)7-22-13-14-11(16-18-13)9-4-2-6-21-9/h1-6H,7H2,(H,14,16,18). The highest BCUT2D eigenvalue weighted by atomic mass is 32.2. The van der Waals surface area contributed by atoms with Gasteiger partial charge in [0.15, 0.2) is 11.6 Å². The minimum Gasteiger partial charge on any atom is -0.459 e. The molecule has 7 nitrogen and oxygen atoms in total. The monoisotopic (exact) mass is 331 g/mol. The van der Waals surface area contributed by atoms with Gasteiger partial charge < -0.3 is 8.83 Å². The Morgan fingerprint density at radius 3 is 3.05 bits per heavy atom. The normalized spacial score (nSPS) is 11.1. The molecule has 4 heterocycles. The fourth-order valence-electron chi connectivity index (χ4n) is 1.77. The maximum absolute atomic E-state index is 5.53. The van der Waals surface area contributed by atoms with Crippen LogP contribution in [0.4, 0.5) is 0 Å². The fraction of sp³-hybridized carbons (Fsp3) is 0.0769. The summed E-state index contributed by atoms with van der Waals surface area (Å²) in [6, 6.07) is 7.51. The van der Waals surface area contributed by atoms with Gasteiger partial charge in [0.2, 0.25) is 11.0 Å². The topological polar surface area (TPSA) is 93.6 Å². The van der Waals surface area contributed by atoms with Crippen LogP contribution in [0.15, 0.2) is 49.9 Å². The minimum absolute atomic E-state index is 0.370. The first-order valence-electron chi connectivity index (χ1n) is 6.34. The largest absolute Gasteiger partial charge is 0.459 e. The summed E-state index contributed by atoms with van der Waals surface area (Å²) in [6.45, 7) is 0. The Hall–Kier alpha value is -2.39. The zero-order chi connectivity index (χ0) is 14.8. The van der Waals surface area contributed by atoms with E-state index in [1.165, 1.54) is 11.8 Å². The van der Waals surface area contributed by atoms with Crippen LogP contribution in [0.2, 0.25) is 0 Å². The van der Waals surface area contributed by atoms with Crippen LogP contribution in [0.25, 0.3) is 22.4 Å². The number of furan rings is 1. The van der Waals surface area contributed by atoms with Crippen molar-refractivity contribution < 1.29 is 8.83 Å². The van der Waals surface area contributed by atoms with Crippen LogP contribution in [0.3, 0.4) is 0 Å². The predicted molar refractivity (Wildman–Crippen MR) is 81.3 cm³/mol. The van der Waals surface area contributed by atoms with E-state index < -0.39 is 0 Å². The summed E-state index contributed by atoms with van der Waals surface area (Å²) in [5.41, 5.74) is 0. The number of thiophene rings is 1. The quantitative estimate of drug-likeness (QED) is 0.560. The van der Waals surface area contributed by atoms with Gasteiger partial charge in [0, 0.05) is 0 Å². The zero-order valence-corrected chi connectivity index (χ0v) is 12.7. The third kappa shape index (κ3) is 2.68. The summed E-state index contributed by atoms with van der Waals surface area (Å²) in [7, 11) is 0. The van der Waals surface area contributed by atoms with E-state index in [4.69, 9.17) is 8.83 Å². The van der Waals surface area contributed by atoms with Gasteiger partial charge in [0.05, 0.1) is 16.9 Å². The van der Waals surface area contributed by atoms with Crippen molar-refractivity contribution in [3.8, 4) is 22.4 Å². The molecule has 0 spiro atoms. The summed E-state index contributed by atoms with van der Waals surface area (Å²) in [4.78, 5) is 5.48. The van der Waals surface area contributed by atoms with Crippen LogP contribution in [-0.4, -0.2) is 25.4 Å². The number of hydrogen-bond acceptors (Lipinski definition) is 8. The highest BCUT2D eigenvalue weighted by molar-refractivity contribution is 7.98. The van der Waals surface area contributed by atoms with Crippen molar-refractivity contribution >= 4 is 23.1 Å². The zero-order valence-electron chi connectivity index (χ0n) is 11.1. The van der Waals surface area contributed by atoms with Crippen LogP contribution in [-0.2, 0) is 5.75 Å². The van der Waals surface area contributed by atoms with Crippen molar-refractivity contribution in [1.82, 2.24) is 25.4 Å². The summed E-state index contributed by atoms with van der Waals surface area (Å²) >= 11 is 3.04. The molecule has 0 unspecified atom stereocenters. The molecule has 0 aliphatic rings. The van der Waals surface area contributed by atoms with E-state index in [1.54, 1.807) is 29.7 Å². The Labute approximate surface area is 132 Å². The van der Waals surface area contributed by atoms with Crippen molar-refractivity contribution in [2.75, 3.05) is 0 Å². The first-order valence-corrected chi connectivity index (χ1v) is 8.20. The Balaban J connectivity index is 1.43. The van der Waals surface area contributed by atoms with E-state index in [9.17, 15) is 0 Å². The van der Waals surface area contributed by atoms with Gasteiger partial charge in [-0.3, -0.25) is 5.10 Å². The van der Waals surface area contributed by atoms with Crippen molar-refractivity contribution in [2.45, 2.75) is 10.9 Å². The molecule has 0 amide bonds. The molecule has 0 aliphatic heterocycles. The maximum Gasteiger partial charge on any atom is 0.283 e. The lowest BCUT2D eigenvalue weighted by Gasteiger charge is -1.90. The number of aromatic nitrogens is 5. The smallest absolute Gasteiger partial charge is 0.283 e. The lowest BCUT2D eigenvalue weighted by Crippen LogP contribution is -1.82. The second-order valence-electron chi connectivity index (χ2n) is 4.21. The van der Waals surface area contributed by atoms with Gasteiger partial charge in [-0.1, -0.05) is 17.8 Å². The van der Waals surface area contributed by atoms with Gasteiger partial charge in [0.1, 0.15) is 0 Å². The number of thioether (sulfide) groups is 1. The van der Waals surface area contributed by atoms with E-state index in [-0.39, 0.29) is 0 Å². The van der Waals surface area contributed by atoms with Crippen LogP contribution in [0.1, 0.15) is 5.89 Å². The molecule has 22 heavy (non-hydrogen) atoms. The van der Waals surface area contributed by atoms with E-state index in [0.29, 0.717) is 28.5 Å². The molecular formula is C13H9N5O2S2. The number of nitrogens with zero attached hydrogens (tertiary/aromatic N) is 4. The Bertz CT molecular complexity index is 778. The molecule has 4 aromatic rings. The number of hydrogen-bond donors (Lipinski definition) is 1. The van der Waals surface area contributed by atoms with E-state index >= 15 is 0 Å². The molecule has 1 N–H and O–H groups in total. The maximum atomic E-state index is 5.53. The van der Waals surface area contributed by atoms with Crippen molar-refractivity contribution in [3.05, 3.63) is 41.8 Å². The highest BCUT2D eigenvalue weighted by Crippen LogP contribution is 2.25. The number of nitrogens with one attached hydrogen (secondary N) is 1. The second kappa shape index (κ2) is 5.78. The molecule has 0 saturated carbocycles. The van der Waals surface area contributed by atoms with E-state index in [0.717, 1.165) is 10.7 Å². The van der Waals surface area contributed by atoms with Crippen LogP contribution in [0.5, 0.6) is 0 Å². The Morgan fingerprint density at radius 2 is 2.23 bits per heavy atom. The van der Waals surface area contributed by atoms with Crippen molar-refractivity contribution in [2.24, 2.45) is 0 Å². The third-order valence-electron chi connectivity index (χ3n) is 2.74. The number of aromatic amines is 1. The summed E-state index contributed by atoms with van der Waals surface area (Å²) in [5.74, 6) is 2.68. The number of rotatable bonds is 5. The molecule has 0 aliphatic carbocycles. The molecule has 9 heteroatoms. The predicted octanol–water partition coefficient (Wildman–Crippen LogP) is 3.47. The second-order valence-corrected chi connectivity index (χ2v) is 6.10. The highest BCUT2D eigenvalue weighted by Gasteiger charge is 2.13. The number of H-pyrrole nitrogens is 1. The molecule has 0 fully saturated rings. The molecule has 0 atom stereocenters. The lowest BCUT2D eigenvalue weighted by molar-refractivity contribution is 0.494. The van der Waals surface area contributed by atoms with Crippen molar-refractivity contribution in [1.29, 1.82) is 0 Å². The van der Waals surface area contributed by atoms with Gasteiger partial charge in [-0.2, -0.15) is 0 Å². The molecule has 0 bridgehead atoms. The van der Waals surface area contributed by atoms with Crippen LogP contribution >= 0.6 is 23.1 Å². The Kier molecular flexibility index (Phi) is 3.49. The molecule has 110 valence electrons. The molecule has 4 aromatic heterocycles. The summed E-state index contributed by atoms with van der Waals surface area (Å²) in [6.07, 6.45) is 1.56. The first kappa shape index (κ1) is 13.3.